The number of rotatable bonds is 1. The zero-order chi connectivity index (χ0) is 13.0. The van der Waals surface area contributed by atoms with Crippen LogP contribution in [0.5, 0.6) is 0 Å². The molecule has 1 aliphatic heterocycles. The Kier molecular flexibility index (Phi) is 3.52. The van der Waals surface area contributed by atoms with Crippen LogP contribution in [0.4, 0.5) is 10.5 Å². The molecule has 4 heteroatoms. The minimum atomic E-state index is -0.274. The van der Waals surface area contributed by atoms with Gasteiger partial charge in [-0.15, -0.1) is 0 Å². The maximum atomic E-state index is 12.0. The van der Waals surface area contributed by atoms with Gasteiger partial charge in [-0.25, -0.2) is 4.79 Å². The predicted molar refractivity (Wildman–Crippen MR) is 70.0 cm³/mol. The fourth-order valence-corrected chi connectivity index (χ4v) is 2.04. The number of carbonyl (C=O) groups is 1. The van der Waals surface area contributed by atoms with Gasteiger partial charge in [0, 0.05) is 18.8 Å². The Balaban J connectivity index is 1.91. The van der Waals surface area contributed by atoms with Gasteiger partial charge in [-0.2, -0.15) is 5.26 Å². The van der Waals surface area contributed by atoms with Crippen LogP contribution in [-0.2, 0) is 0 Å². The van der Waals surface area contributed by atoms with Crippen molar-refractivity contribution in [1.82, 2.24) is 4.90 Å². The fraction of sp³-hybridized carbons (Fsp3) is 0.429. The summed E-state index contributed by atoms with van der Waals surface area (Å²) in [6.07, 6.45) is 1.48. The number of urea groups is 1. The second kappa shape index (κ2) is 5.09. The van der Waals surface area contributed by atoms with Crippen molar-refractivity contribution in [3.05, 3.63) is 30.3 Å². The molecule has 4 nitrogen and oxygen atoms in total. The van der Waals surface area contributed by atoms with Gasteiger partial charge >= 0.3 is 6.03 Å². The van der Waals surface area contributed by atoms with E-state index in [0.717, 1.165) is 18.5 Å². The van der Waals surface area contributed by atoms with Crippen molar-refractivity contribution < 1.29 is 4.79 Å². The van der Waals surface area contributed by atoms with Crippen molar-refractivity contribution in [3.8, 4) is 6.07 Å². The number of amides is 2. The van der Waals surface area contributed by atoms with Crippen molar-refractivity contribution in [3.63, 3.8) is 0 Å². The molecule has 1 saturated heterocycles. The number of carbonyl (C=O) groups excluding carboxylic acids is 1. The fourth-order valence-electron chi connectivity index (χ4n) is 2.04. The molecule has 1 heterocycles. The van der Waals surface area contributed by atoms with Gasteiger partial charge in [0.25, 0.3) is 0 Å². The third kappa shape index (κ3) is 2.80. The highest BCUT2D eigenvalue weighted by atomic mass is 16.2. The Morgan fingerprint density at radius 3 is 2.50 bits per heavy atom. The Morgan fingerprint density at radius 2 is 1.94 bits per heavy atom. The second-order valence-electron chi connectivity index (χ2n) is 4.96. The molecule has 1 aliphatic rings. The van der Waals surface area contributed by atoms with Crippen molar-refractivity contribution in [2.45, 2.75) is 19.8 Å². The molecule has 1 aromatic rings. The summed E-state index contributed by atoms with van der Waals surface area (Å²) in [6, 6.07) is 11.7. The number of hydrogen-bond acceptors (Lipinski definition) is 2. The topological polar surface area (TPSA) is 56.1 Å². The van der Waals surface area contributed by atoms with E-state index < -0.39 is 0 Å². The molecule has 0 atom stereocenters. The molecular formula is C14H17N3O. The molecule has 94 valence electrons. The molecular weight excluding hydrogens is 226 g/mol. The third-order valence-corrected chi connectivity index (χ3v) is 3.45. The molecule has 1 fully saturated rings. The van der Waals surface area contributed by atoms with Gasteiger partial charge in [-0.1, -0.05) is 18.2 Å². The number of likely N-dealkylation sites (tertiary alicyclic amines) is 1. The summed E-state index contributed by atoms with van der Waals surface area (Å²) in [5.74, 6) is 0. The van der Waals surface area contributed by atoms with Crippen LogP contribution < -0.4 is 5.32 Å². The summed E-state index contributed by atoms with van der Waals surface area (Å²) >= 11 is 0. The van der Waals surface area contributed by atoms with E-state index in [9.17, 15) is 4.79 Å². The number of anilines is 1. The van der Waals surface area contributed by atoms with E-state index in [1.165, 1.54) is 0 Å². The highest BCUT2D eigenvalue weighted by Crippen LogP contribution is 2.29. The van der Waals surface area contributed by atoms with Gasteiger partial charge < -0.3 is 10.2 Å². The molecule has 0 aliphatic carbocycles. The highest BCUT2D eigenvalue weighted by Gasteiger charge is 2.31. The molecule has 0 unspecified atom stereocenters. The summed E-state index contributed by atoms with van der Waals surface area (Å²) in [5, 5.41) is 11.9. The van der Waals surface area contributed by atoms with Crippen LogP contribution >= 0.6 is 0 Å². The van der Waals surface area contributed by atoms with Crippen LogP contribution in [0.3, 0.4) is 0 Å². The van der Waals surface area contributed by atoms with E-state index in [4.69, 9.17) is 5.26 Å². The lowest BCUT2D eigenvalue weighted by atomic mass is 9.82. The third-order valence-electron chi connectivity index (χ3n) is 3.45. The van der Waals surface area contributed by atoms with E-state index >= 15 is 0 Å². The van der Waals surface area contributed by atoms with Crippen molar-refractivity contribution >= 4 is 11.7 Å². The Bertz CT molecular complexity index is 456. The van der Waals surface area contributed by atoms with E-state index in [2.05, 4.69) is 11.4 Å². The minimum Gasteiger partial charge on any atom is -0.324 e. The lowest BCUT2D eigenvalue weighted by molar-refractivity contribution is 0.166. The predicted octanol–water partition coefficient (Wildman–Crippen LogP) is 2.84. The number of hydrogen-bond donors (Lipinski definition) is 1. The molecule has 1 N–H and O–H groups in total. The van der Waals surface area contributed by atoms with Gasteiger partial charge in [0.15, 0.2) is 0 Å². The van der Waals surface area contributed by atoms with E-state index in [1.54, 1.807) is 4.90 Å². The first-order valence-electron chi connectivity index (χ1n) is 6.15. The first-order chi connectivity index (χ1) is 8.63. The summed E-state index contributed by atoms with van der Waals surface area (Å²) in [4.78, 5) is 13.8. The lowest BCUT2D eigenvalue weighted by Crippen LogP contribution is -2.43. The molecule has 1 aromatic carbocycles. The van der Waals surface area contributed by atoms with Crippen LogP contribution in [0.25, 0.3) is 0 Å². The normalized spacial score (nSPS) is 17.9. The summed E-state index contributed by atoms with van der Waals surface area (Å²) in [6.45, 7) is 3.24. The average molecular weight is 243 g/mol. The monoisotopic (exact) mass is 243 g/mol. The molecule has 18 heavy (non-hydrogen) atoms. The Hall–Kier alpha value is -2.02. The first-order valence-corrected chi connectivity index (χ1v) is 6.15. The van der Waals surface area contributed by atoms with Crippen molar-refractivity contribution in [2.24, 2.45) is 5.41 Å². The Labute approximate surface area is 107 Å². The van der Waals surface area contributed by atoms with Crippen LogP contribution in [0, 0.1) is 16.7 Å². The highest BCUT2D eigenvalue weighted by molar-refractivity contribution is 5.89. The second-order valence-corrected chi connectivity index (χ2v) is 4.96. The van der Waals surface area contributed by atoms with Gasteiger partial charge in [0.05, 0.1) is 11.5 Å². The summed E-state index contributed by atoms with van der Waals surface area (Å²) in [5.41, 5.74) is 0.528. The standard InChI is InChI=1S/C14H17N3O/c1-14(11-15)7-9-17(10-8-14)13(18)16-12-5-3-2-4-6-12/h2-6H,7-10H2,1H3,(H,16,18). The molecule has 0 radical (unpaired) electrons. The van der Waals surface area contributed by atoms with E-state index in [1.807, 2.05) is 37.3 Å². The maximum absolute atomic E-state index is 12.0. The van der Waals surface area contributed by atoms with Crippen LogP contribution in [0.15, 0.2) is 30.3 Å². The number of nitrogens with zero attached hydrogens (tertiary/aromatic N) is 2. The average Bonchev–Trinajstić information content (AvgIpc) is 2.40. The van der Waals surface area contributed by atoms with E-state index in [0.29, 0.717) is 13.1 Å². The largest absolute Gasteiger partial charge is 0.324 e. The molecule has 0 saturated carbocycles. The number of piperidine rings is 1. The minimum absolute atomic E-state index is 0.0822. The molecule has 0 spiro atoms. The maximum Gasteiger partial charge on any atom is 0.321 e. The smallest absolute Gasteiger partial charge is 0.321 e. The van der Waals surface area contributed by atoms with Gasteiger partial charge in [-0.3, -0.25) is 0 Å². The number of para-hydroxylation sites is 1. The van der Waals surface area contributed by atoms with Gasteiger partial charge in [-0.05, 0) is 31.9 Å². The van der Waals surface area contributed by atoms with E-state index in [-0.39, 0.29) is 11.4 Å². The summed E-state index contributed by atoms with van der Waals surface area (Å²) in [7, 11) is 0. The molecule has 0 bridgehead atoms. The summed E-state index contributed by atoms with van der Waals surface area (Å²) < 4.78 is 0. The van der Waals surface area contributed by atoms with Crippen molar-refractivity contribution in [1.29, 1.82) is 5.26 Å². The first kappa shape index (κ1) is 12.4. The molecule has 2 amide bonds. The number of benzene rings is 1. The quantitative estimate of drug-likeness (QED) is 0.824. The molecule has 2 rings (SSSR count). The Morgan fingerprint density at radius 1 is 1.33 bits per heavy atom. The van der Waals surface area contributed by atoms with Crippen molar-refractivity contribution in [2.75, 3.05) is 18.4 Å². The number of nitrogens with one attached hydrogen (secondary N) is 1. The van der Waals surface area contributed by atoms with Gasteiger partial charge in [0.2, 0.25) is 0 Å². The lowest BCUT2D eigenvalue weighted by Gasteiger charge is -2.34. The van der Waals surface area contributed by atoms with Crippen LogP contribution in [-0.4, -0.2) is 24.0 Å². The molecule has 0 aromatic heterocycles. The van der Waals surface area contributed by atoms with Gasteiger partial charge in [0.1, 0.15) is 0 Å². The number of nitriles is 1. The zero-order valence-electron chi connectivity index (χ0n) is 10.5. The zero-order valence-corrected chi connectivity index (χ0v) is 10.5. The SMILES string of the molecule is CC1(C#N)CCN(C(=O)Nc2ccccc2)CC1. The van der Waals surface area contributed by atoms with Crippen LogP contribution in [0.2, 0.25) is 0 Å². The van der Waals surface area contributed by atoms with Crippen LogP contribution in [0.1, 0.15) is 19.8 Å².